The molecule has 1 aromatic heterocycles. The number of aromatic nitrogens is 1. The van der Waals surface area contributed by atoms with Crippen molar-refractivity contribution in [1.29, 1.82) is 0 Å². The van der Waals surface area contributed by atoms with Crippen LogP contribution >= 0.6 is 0 Å². The lowest BCUT2D eigenvalue weighted by molar-refractivity contribution is -0.138. The summed E-state index contributed by atoms with van der Waals surface area (Å²) in [5.74, 6) is -1.92. The van der Waals surface area contributed by atoms with Crippen LogP contribution in [0.1, 0.15) is 62.5 Å². The van der Waals surface area contributed by atoms with Gasteiger partial charge in [0.15, 0.2) is 0 Å². The maximum Gasteiger partial charge on any atom is 0.303 e. The molecule has 0 unspecified atom stereocenters. The molecule has 0 amide bonds. The third kappa shape index (κ3) is 5.63. The molecule has 5 heterocycles. The number of carbonyl (C=O) groups is 2. The standard InChI is InChI=1S/C36H37N5O5/c1-7-21-20(6)35-34(31(42)16-37)36-22(8-2)17(3)27(40-36)13-25-18(4)23(9-11-32(43)44)29(38-25)15-30-24(10-12-33(45)46)19(5)26(39-30)14-28(21)41-35/h7-8,13-15,39,42H,1-2,9-12,16,37H2,3-6H3,(H,43,44)(H,45,46). The lowest BCUT2D eigenvalue weighted by atomic mass is 9.91. The Hall–Kier alpha value is -5.35. The van der Waals surface area contributed by atoms with E-state index in [-0.39, 0.29) is 38.0 Å². The molecule has 8 bridgehead atoms. The van der Waals surface area contributed by atoms with Crippen molar-refractivity contribution in [1.82, 2.24) is 4.98 Å². The van der Waals surface area contributed by atoms with Gasteiger partial charge in [0, 0.05) is 35.4 Å². The number of aliphatic hydroxyl groups excluding tert-OH is 1. The normalized spacial score (nSPS) is 18.6. The van der Waals surface area contributed by atoms with Gasteiger partial charge in [0.2, 0.25) is 0 Å². The van der Waals surface area contributed by atoms with E-state index in [0.717, 1.165) is 44.7 Å². The van der Waals surface area contributed by atoms with Crippen LogP contribution in [0.5, 0.6) is 0 Å². The molecule has 0 fully saturated rings. The molecule has 0 aromatic carbocycles. The average molecular weight is 620 g/mol. The third-order valence-corrected chi connectivity index (χ3v) is 8.76. The SMILES string of the molecule is C=CC1=C(C)C2=NC1=Cc1[nH]c(c(CCC(=O)O)c1C)C=C1N=C(C=C3N=C(C(C=C)=C3C)C2=C(O)CN)C(C)=C1CCC(=O)O. The van der Waals surface area contributed by atoms with Crippen molar-refractivity contribution in [3.8, 4) is 0 Å². The number of H-pyrrole nitrogens is 1. The first kappa shape index (κ1) is 32.1. The first-order valence-electron chi connectivity index (χ1n) is 15.0. The Morgan fingerprint density at radius 2 is 1.41 bits per heavy atom. The van der Waals surface area contributed by atoms with Gasteiger partial charge in [-0.2, -0.15) is 0 Å². The van der Waals surface area contributed by atoms with Crippen molar-refractivity contribution >= 4 is 41.2 Å². The highest BCUT2D eigenvalue weighted by molar-refractivity contribution is 6.37. The fraction of sp³-hybridized carbons (Fsp3) is 0.250. The number of hydrogen-bond donors (Lipinski definition) is 5. The van der Waals surface area contributed by atoms with Crippen LogP contribution in [0.15, 0.2) is 108 Å². The van der Waals surface area contributed by atoms with Gasteiger partial charge in [-0.3, -0.25) is 9.59 Å². The van der Waals surface area contributed by atoms with Crippen molar-refractivity contribution in [2.24, 2.45) is 20.7 Å². The first-order valence-corrected chi connectivity index (χ1v) is 15.0. The number of rotatable bonds is 9. The number of nitrogens with zero attached hydrogens (tertiary/aromatic N) is 3. The van der Waals surface area contributed by atoms with Crippen LogP contribution in [0.3, 0.4) is 0 Å². The van der Waals surface area contributed by atoms with Crippen molar-refractivity contribution < 1.29 is 24.9 Å². The highest BCUT2D eigenvalue weighted by atomic mass is 16.4. The Balaban J connectivity index is 1.88. The monoisotopic (exact) mass is 619 g/mol. The molecule has 5 rings (SSSR count). The molecule has 1 aromatic rings. The zero-order valence-corrected chi connectivity index (χ0v) is 26.4. The Kier molecular flexibility index (Phi) is 8.76. The molecule has 0 saturated carbocycles. The van der Waals surface area contributed by atoms with E-state index in [2.05, 4.69) is 18.1 Å². The van der Waals surface area contributed by atoms with Gasteiger partial charge in [-0.05, 0) is 92.2 Å². The second kappa shape index (κ2) is 12.6. The van der Waals surface area contributed by atoms with Crippen LogP contribution in [0, 0.1) is 6.92 Å². The highest BCUT2D eigenvalue weighted by Crippen LogP contribution is 2.39. The van der Waals surface area contributed by atoms with E-state index in [1.807, 2.05) is 45.9 Å². The van der Waals surface area contributed by atoms with Gasteiger partial charge in [-0.1, -0.05) is 25.3 Å². The Labute approximate surface area is 267 Å². The van der Waals surface area contributed by atoms with Crippen LogP contribution < -0.4 is 5.73 Å². The van der Waals surface area contributed by atoms with Gasteiger partial charge in [-0.15, -0.1) is 0 Å². The fourth-order valence-corrected chi connectivity index (χ4v) is 6.18. The summed E-state index contributed by atoms with van der Waals surface area (Å²) in [5.41, 5.74) is 17.5. The van der Waals surface area contributed by atoms with Gasteiger partial charge < -0.3 is 26.0 Å². The molecule has 0 saturated heterocycles. The molecular formula is C36H37N5O5. The summed E-state index contributed by atoms with van der Waals surface area (Å²) in [6.45, 7) is 15.5. The van der Waals surface area contributed by atoms with Gasteiger partial charge in [0.05, 0.1) is 46.3 Å². The van der Waals surface area contributed by atoms with E-state index < -0.39 is 11.9 Å². The molecule has 10 heteroatoms. The zero-order valence-electron chi connectivity index (χ0n) is 26.4. The van der Waals surface area contributed by atoms with Gasteiger partial charge in [-0.25, -0.2) is 15.0 Å². The minimum Gasteiger partial charge on any atom is -0.510 e. The van der Waals surface area contributed by atoms with Crippen molar-refractivity contribution in [2.75, 3.05) is 6.54 Å². The van der Waals surface area contributed by atoms with E-state index in [1.54, 1.807) is 12.2 Å². The minimum atomic E-state index is -0.923. The number of fused-ring (bicyclic) bond motifs is 5. The number of carboxylic acid groups (broad SMARTS) is 2. The molecule has 0 atom stereocenters. The summed E-state index contributed by atoms with van der Waals surface area (Å²) in [7, 11) is 0. The zero-order chi connectivity index (χ0) is 33.4. The number of aromatic amines is 1. The predicted octanol–water partition coefficient (Wildman–Crippen LogP) is 6.24. The molecule has 4 aliphatic rings. The lowest BCUT2D eigenvalue weighted by Crippen LogP contribution is -2.20. The lowest BCUT2D eigenvalue weighted by Gasteiger charge is -2.13. The second-order valence-electron chi connectivity index (χ2n) is 11.5. The largest absolute Gasteiger partial charge is 0.510 e. The number of aliphatic carboxylic acids is 2. The molecule has 0 spiro atoms. The van der Waals surface area contributed by atoms with Crippen LogP contribution in [0.2, 0.25) is 0 Å². The number of allylic oxidation sites excluding steroid dienone is 9. The van der Waals surface area contributed by atoms with Gasteiger partial charge >= 0.3 is 11.9 Å². The number of aliphatic hydroxyl groups is 1. The number of aliphatic imine (C=N–C) groups is 3. The number of nitrogens with one attached hydrogen (secondary N) is 1. The summed E-state index contributed by atoms with van der Waals surface area (Å²) in [4.78, 5) is 41.6. The van der Waals surface area contributed by atoms with E-state index in [1.165, 1.54) is 0 Å². The Bertz CT molecular complexity index is 1950. The topological polar surface area (TPSA) is 174 Å². The molecule has 0 aliphatic carbocycles. The van der Waals surface area contributed by atoms with Crippen LogP contribution in [0.4, 0.5) is 0 Å². The summed E-state index contributed by atoms with van der Waals surface area (Å²) in [6.07, 6.45) is 9.37. The second-order valence-corrected chi connectivity index (χ2v) is 11.5. The van der Waals surface area contributed by atoms with E-state index in [9.17, 15) is 24.9 Å². The summed E-state index contributed by atoms with van der Waals surface area (Å²) in [6, 6.07) is 0. The van der Waals surface area contributed by atoms with E-state index in [4.69, 9.17) is 20.7 Å². The van der Waals surface area contributed by atoms with E-state index in [0.29, 0.717) is 51.1 Å². The molecule has 4 aliphatic heterocycles. The number of carboxylic acids is 2. The smallest absolute Gasteiger partial charge is 0.303 e. The van der Waals surface area contributed by atoms with Crippen LogP contribution in [-0.2, 0) is 16.0 Å². The molecular weight excluding hydrogens is 582 g/mol. The number of nitrogens with two attached hydrogens (primary N) is 1. The maximum atomic E-state index is 11.6. The van der Waals surface area contributed by atoms with Crippen molar-refractivity contribution in [3.05, 3.63) is 116 Å². The van der Waals surface area contributed by atoms with E-state index >= 15 is 0 Å². The molecule has 236 valence electrons. The molecule has 6 N–H and O–H groups in total. The molecule has 10 nitrogen and oxygen atoms in total. The fourth-order valence-electron chi connectivity index (χ4n) is 6.18. The third-order valence-electron chi connectivity index (χ3n) is 8.76. The Morgan fingerprint density at radius 3 is 2.04 bits per heavy atom. The predicted molar refractivity (Wildman–Crippen MR) is 182 cm³/mol. The minimum absolute atomic E-state index is 0.0741. The van der Waals surface area contributed by atoms with Gasteiger partial charge in [0.25, 0.3) is 0 Å². The molecule has 0 radical (unpaired) electrons. The summed E-state index contributed by atoms with van der Waals surface area (Å²) in [5, 5.41) is 30.3. The number of hydrogen-bond acceptors (Lipinski definition) is 7. The van der Waals surface area contributed by atoms with Crippen molar-refractivity contribution in [2.45, 2.75) is 53.4 Å². The van der Waals surface area contributed by atoms with Crippen LogP contribution in [0.25, 0.3) is 12.2 Å². The quantitative estimate of drug-likeness (QED) is 0.205. The average Bonchev–Trinajstić information content (AvgIpc) is 3.68. The summed E-state index contributed by atoms with van der Waals surface area (Å²) < 4.78 is 0. The highest BCUT2D eigenvalue weighted by Gasteiger charge is 2.33. The van der Waals surface area contributed by atoms with Gasteiger partial charge in [0.1, 0.15) is 5.76 Å². The maximum absolute atomic E-state index is 11.6. The van der Waals surface area contributed by atoms with Crippen LogP contribution in [-0.4, -0.2) is 55.9 Å². The van der Waals surface area contributed by atoms with Crippen molar-refractivity contribution in [3.63, 3.8) is 0 Å². The first-order chi connectivity index (χ1) is 21.9. The molecule has 46 heavy (non-hydrogen) atoms. The summed E-state index contributed by atoms with van der Waals surface area (Å²) >= 11 is 0. The Morgan fingerprint density at radius 1 is 0.783 bits per heavy atom.